The number of sulfone groups is 1. The number of amides is 2. The second-order valence-electron chi connectivity index (χ2n) is 7.60. The van der Waals surface area contributed by atoms with E-state index >= 15 is 0 Å². The summed E-state index contributed by atoms with van der Waals surface area (Å²) in [5.74, 6) is -0.639. The van der Waals surface area contributed by atoms with Crippen molar-refractivity contribution in [1.29, 1.82) is 0 Å². The molecule has 2 aliphatic rings. The molecule has 26 heavy (non-hydrogen) atoms. The largest absolute Gasteiger partial charge is 0.444 e. The highest BCUT2D eigenvalue weighted by Gasteiger charge is 2.50. The summed E-state index contributed by atoms with van der Waals surface area (Å²) in [5, 5.41) is 0. The summed E-state index contributed by atoms with van der Waals surface area (Å²) >= 11 is 0. The van der Waals surface area contributed by atoms with Crippen LogP contribution >= 0.6 is 0 Å². The highest BCUT2D eigenvalue weighted by Crippen LogP contribution is 2.29. The van der Waals surface area contributed by atoms with Gasteiger partial charge in [-0.3, -0.25) is 9.78 Å². The van der Waals surface area contributed by atoms with Gasteiger partial charge in [0.1, 0.15) is 11.3 Å². The Morgan fingerprint density at radius 3 is 2.31 bits per heavy atom. The Morgan fingerprint density at radius 1 is 1.12 bits per heavy atom. The van der Waals surface area contributed by atoms with Crippen molar-refractivity contribution < 1.29 is 22.7 Å². The van der Waals surface area contributed by atoms with Gasteiger partial charge >= 0.3 is 6.09 Å². The lowest BCUT2D eigenvalue weighted by molar-refractivity contribution is -0.00705. The van der Waals surface area contributed by atoms with Crippen LogP contribution in [0.3, 0.4) is 0 Å². The van der Waals surface area contributed by atoms with E-state index < -0.39 is 33.6 Å². The molecule has 3 rings (SSSR count). The van der Waals surface area contributed by atoms with Crippen molar-refractivity contribution in [3.8, 4) is 0 Å². The molecule has 2 fully saturated rings. The first-order valence-electron chi connectivity index (χ1n) is 8.49. The van der Waals surface area contributed by atoms with Gasteiger partial charge in [0.25, 0.3) is 5.91 Å². The molecule has 1 aromatic rings. The minimum atomic E-state index is -3.35. The van der Waals surface area contributed by atoms with E-state index in [9.17, 15) is 18.0 Å². The molecule has 2 aliphatic heterocycles. The molecular weight excluding hydrogens is 358 g/mol. The van der Waals surface area contributed by atoms with Gasteiger partial charge in [0, 0.05) is 19.3 Å². The SMILES string of the molecule is CC(C)(C)OC(=O)N1CCN(C(=O)c2ccccn2)[C@H]2CS(=O)(=O)C[C@@H]21. The Labute approximate surface area is 153 Å². The number of fused-ring (bicyclic) bond motifs is 1. The lowest BCUT2D eigenvalue weighted by Crippen LogP contribution is -2.62. The molecule has 8 nitrogen and oxygen atoms in total. The van der Waals surface area contributed by atoms with Gasteiger partial charge < -0.3 is 14.5 Å². The highest BCUT2D eigenvalue weighted by molar-refractivity contribution is 7.91. The number of pyridine rings is 1. The molecule has 0 aliphatic carbocycles. The van der Waals surface area contributed by atoms with Crippen molar-refractivity contribution in [2.75, 3.05) is 24.6 Å². The fourth-order valence-corrected chi connectivity index (χ4v) is 5.37. The third-order valence-electron chi connectivity index (χ3n) is 4.45. The second kappa shape index (κ2) is 6.53. The smallest absolute Gasteiger partial charge is 0.410 e. The molecule has 2 saturated heterocycles. The van der Waals surface area contributed by atoms with Crippen molar-refractivity contribution in [1.82, 2.24) is 14.8 Å². The number of carbonyl (C=O) groups is 2. The molecule has 0 radical (unpaired) electrons. The maximum Gasteiger partial charge on any atom is 0.410 e. The summed E-state index contributed by atoms with van der Waals surface area (Å²) in [7, 11) is -3.35. The van der Waals surface area contributed by atoms with Crippen LogP contribution in [0.2, 0.25) is 0 Å². The number of aromatic nitrogens is 1. The van der Waals surface area contributed by atoms with E-state index in [1.807, 2.05) is 0 Å². The summed E-state index contributed by atoms with van der Waals surface area (Å²) < 4.78 is 29.9. The van der Waals surface area contributed by atoms with E-state index in [0.29, 0.717) is 0 Å². The Bertz CT molecular complexity index is 803. The average molecular weight is 381 g/mol. The van der Waals surface area contributed by atoms with E-state index in [1.165, 1.54) is 16.0 Å². The summed E-state index contributed by atoms with van der Waals surface area (Å²) in [6, 6.07) is 3.83. The zero-order valence-corrected chi connectivity index (χ0v) is 15.9. The Balaban J connectivity index is 1.86. The van der Waals surface area contributed by atoms with Gasteiger partial charge in [0.15, 0.2) is 9.84 Å². The first-order valence-corrected chi connectivity index (χ1v) is 10.3. The quantitative estimate of drug-likeness (QED) is 0.718. The molecule has 2 amide bonds. The topological polar surface area (TPSA) is 96.9 Å². The zero-order chi connectivity index (χ0) is 19.1. The van der Waals surface area contributed by atoms with Gasteiger partial charge in [-0.2, -0.15) is 0 Å². The molecule has 0 N–H and O–H groups in total. The van der Waals surface area contributed by atoms with Crippen molar-refractivity contribution in [3.63, 3.8) is 0 Å². The van der Waals surface area contributed by atoms with E-state index in [1.54, 1.807) is 39.0 Å². The second-order valence-corrected chi connectivity index (χ2v) is 9.75. The van der Waals surface area contributed by atoms with Crippen LogP contribution < -0.4 is 0 Å². The van der Waals surface area contributed by atoms with Gasteiger partial charge in [-0.1, -0.05) is 6.07 Å². The third-order valence-corrected chi connectivity index (χ3v) is 6.15. The molecule has 9 heteroatoms. The Hall–Kier alpha value is -2.16. The van der Waals surface area contributed by atoms with Crippen LogP contribution in [-0.2, 0) is 14.6 Å². The van der Waals surface area contributed by atoms with Crippen LogP contribution in [0.1, 0.15) is 31.3 Å². The molecule has 0 unspecified atom stereocenters. The van der Waals surface area contributed by atoms with Gasteiger partial charge in [-0.25, -0.2) is 13.2 Å². The predicted octanol–water partition coefficient (Wildman–Crippen LogP) is 0.940. The number of ether oxygens (including phenoxy) is 1. The standard InChI is InChI=1S/C17H23N3O5S/c1-17(2,3)25-16(22)20-9-8-19(13-10-26(23,24)11-14(13)20)15(21)12-6-4-5-7-18-12/h4-7,13-14H,8-11H2,1-3H3/t13-,14-/m0/s1. The van der Waals surface area contributed by atoms with Crippen molar-refractivity contribution in [3.05, 3.63) is 30.1 Å². The van der Waals surface area contributed by atoms with Gasteiger partial charge in [0.05, 0.1) is 23.6 Å². The number of carbonyl (C=O) groups excluding carboxylic acids is 2. The van der Waals surface area contributed by atoms with Gasteiger partial charge in [0.2, 0.25) is 0 Å². The fraction of sp³-hybridized carbons (Fsp3) is 0.588. The molecule has 2 atom stereocenters. The summed E-state index contributed by atoms with van der Waals surface area (Å²) in [5.41, 5.74) is -0.411. The lowest BCUT2D eigenvalue weighted by Gasteiger charge is -2.43. The maximum atomic E-state index is 12.8. The van der Waals surface area contributed by atoms with Crippen molar-refractivity contribution >= 4 is 21.8 Å². The molecule has 0 aromatic carbocycles. The summed E-state index contributed by atoms with van der Waals surface area (Å²) in [4.78, 5) is 32.3. The molecular formula is C17H23N3O5S. The zero-order valence-electron chi connectivity index (χ0n) is 15.1. The van der Waals surface area contributed by atoms with Gasteiger partial charge in [-0.15, -0.1) is 0 Å². The maximum absolute atomic E-state index is 12.8. The molecule has 0 bridgehead atoms. The van der Waals surface area contributed by atoms with Crippen LogP contribution in [0.4, 0.5) is 4.79 Å². The molecule has 0 spiro atoms. The summed E-state index contributed by atoms with van der Waals surface area (Å²) in [6.07, 6.45) is 0.974. The summed E-state index contributed by atoms with van der Waals surface area (Å²) in [6.45, 7) is 5.74. The number of hydrogen-bond donors (Lipinski definition) is 0. The molecule has 0 saturated carbocycles. The number of piperazine rings is 1. The number of rotatable bonds is 1. The first kappa shape index (κ1) is 18.6. The first-order chi connectivity index (χ1) is 12.1. The molecule has 1 aromatic heterocycles. The minimum absolute atomic E-state index is 0.157. The van der Waals surface area contributed by atoms with Crippen LogP contribution in [0, 0.1) is 0 Å². The van der Waals surface area contributed by atoms with E-state index in [0.717, 1.165) is 0 Å². The number of nitrogens with zero attached hydrogens (tertiary/aromatic N) is 3. The molecule has 142 valence electrons. The van der Waals surface area contributed by atoms with Crippen LogP contribution in [0.25, 0.3) is 0 Å². The number of hydrogen-bond acceptors (Lipinski definition) is 6. The highest BCUT2D eigenvalue weighted by atomic mass is 32.2. The van der Waals surface area contributed by atoms with Crippen molar-refractivity contribution in [2.24, 2.45) is 0 Å². The fourth-order valence-electron chi connectivity index (χ4n) is 3.39. The Morgan fingerprint density at radius 2 is 1.73 bits per heavy atom. The van der Waals surface area contributed by atoms with E-state index in [2.05, 4.69) is 4.98 Å². The van der Waals surface area contributed by atoms with E-state index in [-0.39, 0.29) is 36.2 Å². The van der Waals surface area contributed by atoms with Crippen LogP contribution in [0.15, 0.2) is 24.4 Å². The van der Waals surface area contributed by atoms with E-state index in [4.69, 9.17) is 4.74 Å². The van der Waals surface area contributed by atoms with Gasteiger partial charge in [-0.05, 0) is 32.9 Å². The normalized spacial score (nSPS) is 24.9. The third kappa shape index (κ3) is 3.82. The van der Waals surface area contributed by atoms with Crippen LogP contribution in [0.5, 0.6) is 0 Å². The van der Waals surface area contributed by atoms with Crippen molar-refractivity contribution in [2.45, 2.75) is 38.5 Å². The van der Waals surface area contributed by atoms with Crippen LogP contribution in [-0.4, -0.2) is 77.5 Å². The monoisotopic (exact) mass is 381 g/mol. The lowest BCUT2D eigenvalue weighted by atomic mass is 10.0. The predicted molar refractivity (Wildman–Crippen MR) is 94.4 cm³/mol. The molecule has 3 heterocycles. The average Bonchev–Trinajstić information content (AvgIpc) is 2.87. The Kier molecular flexibility index (Phi) is 4.68. The minimum Gasteiger partial charge on any atom is -0.444 e.